The summed E-state index contributed by atoms with van der Waals surface area (Å²) in [5.41, 5.74) is 2.44. The molecule has 7 heteroatoms. The van der Waals surface area contributed by atoms with Crippen LogP contribution in [0.5, 0.6) is 0 Å². The number of anilines is 1. The zero-order valence-electron chi connectivity index (χ0n) is 15.8. The van der Waals surface area contributed by atoms with Crippen LogP contribution in [0.1, 0.15) is 10.4 Å². The summed E-state index contributed by atoms with van der Waals surface area (Å²) in [7, 11) is 0. The van der Waals surface area contributed by atoms with Gasteiger partial charge in [0, 0.05) is 10.6 Å². The highest BCUT2D eigenvalue weighted by Gasteiger charge is 2.14. The van der Waals surface area contributed by atoms with Crippen LogP contribution in [0.15, 0.2) is 76.0 Å². The smallest absolute Gasteiger partial charge is 0.262 e. The number of amides is 1. The summed E-state index contributed by atoms with van der Waals surface area (Å²) in [4.78, 5) is 31.2. The molecule has 0 bridgehead atoms. The topological polar surface area (TPSA) is 64.0 Å². The maximum absolute atomic E-state index is 13.1. The quantitative estimate of drug-likeness (QED) is 0.367. The Morgan fingerprint density at radius 2 is 1.90 bits per heavy atom. The number of thioether (sulfide) groups is 1. The molecule has 2 aromatic carbocycles. The van der Waals surface area contributed by atoms with Gasteiger partial charge in [0.25, 0.3) is 5.56 Å². The van der Waals surface area contributed by atoms with E-state index in [0.717, 1.165) is 16.1 Å². The number of para-hydroxylation sites is 1. The number of carbonyl (C=O) groups excluding carboxylic acids is 1. The van der Waals surface area contributed by atoms with Crippen LogP contribution in [0.25, 0.3) is 10.9 Å². The van der Waals surface area contributed by atoms with Crippen molar-refractivity contribution in [1.29, 1.82) is 0 Å². The Labute approximate surface area is 176 Å². The summed E-state index contributed by atoms with van der Waals surface area (Å²) in [5, 5.41) is 5.99. The molecule has 0 atom stereocenters. The minimum Gasteiger partial charge on any atom is -0.325 e. The molecule has 5 nitrogen and oxygen atoms in total. The highest BCUT2D eigenvalue weighted by Crippen LogP contribution is 2.21. The fraction of sp³-hybridized carbons (Fsp3) is 0.136. The maximum atomic E-state index is 13.1. The lowest BCUT2D eigenvalue weighted by atomic mass is 10.2. The molecule has 0 aliphatic rings. The van der Waals surface area contributed by atoms with Crippen molar-refractivity contribution < 1.29 is 4.79 Å². The number of fused-ring (bicyclic) bond motifs is 1. The van der Waals surface area contributed by atoms with Gasteiger partial charge in [-0.25, -0.2) is 4.98 Å². The third-order valence-corrected chi connectivity index (χ3v) is 6.23. The van der Waals surface area contributed by atoms with E-state index in [1.807, 2.05) is 66.9 Å². The number of hydrogen-bond donors (Lipinski definition) is 1. The average Bonchev–Trinajstić information content (AvgIpc) is 3.24. The molecule has 0 aliphatic heterocycles. The van der Waals surface area contributed by atoms with Crippen molar-refractivity contribution in [1.82, 2.24) is 9.55 Å². The van der Waals surface area contributed by atoms with Crippen LogP contribution in [0.2, 0.25) is 0 Å². The predicted octanol–water partition coefficient (Wildman–Crippen LogP) is 4.55. The van der Waals surface area contributed by atoms with Gasteiger partial charge in [0.2, 0.25) is 5.91 Å². The highest BCUT2D eigenvalue weighted by atomic mass is 32.2. The molecule has 0 radical (unpaired) electrons. The molecule has 146 valence electrons. The minimum absolute atomic E-state index is 0.0922. The van der Waals surface area contributed by atoms with Crippen molar-refractivity contribution in [2.24, 2.45) is 0 Å². The van der Waals surface area contributed by atoms with Gasteiger partial charge in [-0.3, -0.25) is 14.2 Å². The van der Waals surface area contributed by atoms with Gasteiger partial charge in [-0.05, 0) is 42.6 Å². The Bertz CT molecular complexity index is 1200. The minimum atomic E-state index is -0.135. The number of rotatable bonds is 6. The zero-order valence-corrected chi connectivity index (χ0v) is 17.4. The van der Waals surface area contributed by atoms with E-state index in [1.165, 1.54) is 11.8 Å². The number of benzene rings is 2. The fourth-order valence-corrected chi connectivity index (χ4v) is 4.41. The lowest BCUT2D eigenvalue weighted by Gasteiger charge is -2.12. The van der Waals surface area contributed by atoms with Crippen LogP contribution < -0.4 is 10.9 Å². The molecule has 2 aromatic heterocycles. The summed E-state index contributed by atoms with van der Waals surface area (Å²) in [6, 6.07) is 18.9. The lowest BCUT2D eigenvalue weighted by Crippen LogP contribution is -2.24. The second-order valence-electron chi connectivity index (χ2n) is 6.59. The Morgan fingerprint density at radius 1 is 1.10 bits per heavy atom. The summed E-state index contributed by atoms with van der Waals surface area (Å²) in [6.07, 6.45) is 0. The van der Waals surface area contributed by atoms with Gasteiger partial charge >= 0.3 is 0 Å². The molecule has 1 amide bonds. The van der Waals surface area contributed by atoms with Gasteiger partial charge in [-0.1, -0.05) is 47.7 Å². The van der Waals surface area contributed by atoms with Gasteiger partial charge in [0.15, 0.2) is 5.16 Å². The second kappa shape index (κ2) is 8.63. The van der Waals surface area contributed by atoms with E-state index in [1.54, 1.807) is 22.0 Å². The van der Waals surface area contributed by atoms with Crippen molar-refractivity contribution >= 4 is 45.6 Å². The third kappa shape index (κ3) is 4.58. The summed E-state index contributed by atoms with van der Waals surface area (Å²) < 4.78 is 1.65. The number of nitrogens with one attached hydrogen (secondary N) is 1. The number of hydrogen-bond acceptors (Lipinski definition) is 5. The van der Waals surface area contributed by atoms with Crippen LogP contribution in [-0.2, 0) is 11.3 Å². The first-order valence-electron chi connectivity index (χ1n) is 9.11. The molecule has 0 unspecified atom stereocenters. The van der Waals surface area contributed by atoms with E-state index in [2.05, 4.69) is 10.3 Å². The number of thiophene rings is 1. The van der Waals surface area contributed by atoms with Crippen molar-refractivity contribution in [3.8, 4) is 0 Å². The van der Waals surface area contributed by atoms with Crippen LogP contribution >= 0.6 is 23.1 Å². The van der Waals surface area contributed by atoms with Gasteiger partial charge in [0.05, 0.1) is 23.2 Å². The Kier molecular flexibility index (Phi) is 5.78. The van der Waals surface area contributed by atoms with Gasteiger partial charge in [0.1, 0.15) is 0 Å². The van der Waals surface area contributed by atoms with Gasteiger partial charge in [-0.2, -0.15) is 0 Å². The molecule has 1 N–H and O–H groups in total. The number of carbonyl (C=O) groups is 1. The van der Waals surface area contributed by atoms with Crippen molar-refractivity contribution in [3.05, 3.63) is 86.8 Å². The molecule has 0 fully saturated rings. The normalized spacial score (nSPS) is 10.9. The average molecular weight is 422 g/mol. The Morgan fingerprint density at radius 3 is 2.66 bits per heavy atom. The first-order chi connectivity index (χ1) is 14.1. The standard InChI is InChI=1S/C22H19N3O2S2/c1-15-8-10-16(11-9-15)23-20(26)14-29-22-24-19-7-3-2-6-18(19)21(27)25(22)13-17-5-4-12-28-17/h2-12H,13-14H2,1H3,(H,23,26). The number of nitrogens with zero attached hydrogens (tertiary/aromatic N) is 2. The summed E-state index contributed by atoms with van der Waals surface area (Å²) >= 11 is 2.86. The molecule has 2 heterocycles. The molecule has 0 spiro atoms. The zero-order chi connectivity index (χ0) is 20.2. The molecular weight excluding hydrogens is 402 g/mol. The summed E-state index contributed by atoms with van der Waals surface area (Å²) in [6.45, 7) is 2.44. The van der Waals surface area contributed by atoms with Crippen molar-refractivity contribution in [2.45, 2.75) is 18.6 Å². The van der Waals surface area contributed by atoms with E-state index in [4.69, 9.17) is 0 Å². The maximum Gasteiger partial charge on any atom is 0.262 e. The van der Waals surface area contributed by atoms with Crippen LogP contribution in [-0.4, -0.2) is 21.2 Å². The number of aromatic nitrogens is 2. The molecular formula is C22H19N3O2S2. The summed E-state index contributed by atoms with van der Waals surface area (Å²) in [5.74, 6) is 0.0345. The Hall–Kier alpha value is -2.90. The highest BCUT2D eigenvalue weighted by molar-refractivity contribution is 7.99. The van der Waals surface area contributed by atoms with E-state index >= 15 is 0 Å². The Balaban J connectivity index is 1.58. The molecule has 0 aliphatic carbocycles. The van der Waals surface area contributed by atoms with E-state index in [0.29, 0.717) is 22.6 Å². The molecule has 0 saturated carbocycles. The molecule has 0 saturated heterocycles. The van der Waals surface area contributed by atoms with Gasteiger partial charge in [-0.15, -0.1) is 11.3 Å². The molecule has 4 aromatic rings. The van der Waals surface area contributed by atoms with Crippen molar-refractivity contribution in [3.63, 3.8) is 0 Å². The predicted molar refractivity (Wildman–Crippen MR) is 120 cm³/mol. The van der Waals surface area contributed by atoms with E-state index < -0.39 is 0 Å². The van der Waals surface area contributed by atoms with E-state index in [9.17, 15) is 9.59 Å². The van der Waals surface area contributed by atoms with Crippen LogP contribution in [0.4, 0.5) is 5.69 Å². The monoisotopic (exact) mass is 421 g/mol. The molecule has 29 heavy (non-hydrogen) atoms. The van der Waals surface area contributed by atoms with Crippen LogP contribution in [0, 0.1) is 6.92 Å². The van der Waals surface area contributed by atoms with Crippen molar-refractivity contribution in [2.75, 3.05) is 11.1 Å². The largest absolute Gasteiger partial charge is 0.325 e. The third-order valence-electron chi connectivity index (χ3n) is 4.39. The van der Waals surface area contributed by atoms with E-state index in [-0.39, 0.29) is 17.2 Å². The first-order valence-corrected chi connectivity index (χ1v) is 11.0. The fourth-order valence-electron chi connectivity index (χ4n) is 2.92. The SMILES string of the molecule is Cc1ccc(NC(=O)CSc2nc3ccccc3c(=O)n2Cc2cccs2)cc1. The van der Waals surface area contributed by atoms with Crippen LogP contribution in [0.3, 0.4) is 0 Å². The first kappa shape index (κ1) is 19.4. The number of aryl methyl sites for hydroxylation is 1. The lowest BCUT2D eigenvalue weighted by molar-refractivity contribution is -0.113. The second-order valence-corrected chi connectivity index (χ2v) is 8.56. The molecule has 4 rings (SSSR count). The van der Waals surface area contributed by atoms with Gasteiger partial charge < -0.3 is 5.32 Å².